The van der Waals surface area contributed by atoms with Crippen molar-refractivity contribution in [2.24, 2.45) is 5.16 Å². The van der Waals surface area contributed by atoms with E-state index in [0.717, 1.165) is 18.2 Å². The second kappa shape index (κ2) is 5.12. The van der Waals surface area contributed by atoms with Crippen molar-refractivity contribution in [3.8, 4) is 0 Å². The summed E-state index contributed by atoms with van der Waals surface area (Å²) in [4.78, 5) is 0.269. The molecular formula is C11H15NO3S. The van der Waals surface area contributed by atoms with E-state index in [9.17, 15) is 8.42 Å². The van der Waals surface area contributed by atoms with Crippen LogP contribution >= 0.6 is 0 Å². The highest BCUT2D eigenvalue weighted by atomic mass is 32.2. The van der Waals surface area contributed by atoms with E-state index in [4.69, 9.17) is 5.21 Å². The lowest BCUT2D eigenvalue weighted by Crippen LogP contribution is -2.02. The van der Waals surface area contributed by atoms with Crippen LogP contribution in [0.25, 0.3) is 0 Å². The predicted molar refractivity (Wildman–Crippen MR) is 62.8 cm³/mol. The van der Waals surface area contributed by atoms with Crippen LogP contribution in [0.1, 0.15) is 25.3 Å². The first-order chi connectivity index (χ1) is 7.49. The van der Waals surface area contributed by atoms with Gasteiger partial charge in [0.25, 0.3) is 0 Å². The Kier molecular flexibility index (Phi) is 4.06. The minimum atomic E-state index is -3.17. The van der Waals surface area contributed by atoms with Crippen LogP contribution in [0.4, 0.5) is 0 Å². The molecular weight excluding hydrogens is 226 g/mol. The van der Waals surface area contributed by atoms with Crippen LogP contribution in [0.15, 0.2) is 34.3 Å². The van der Waals surface area contributed by atoms with Gasteiger partial charge in [0.1, 0.15) is 0 Å². The summed E-state index contributed by atoms with van der Waals surface area (Å²) >= 11 is 0. The lowest BCUT2D eigenvalue weighted by atomic mass is 10.1. The van der Waals surface area contributed by atoms with Gasteiger partial charge in [-0.25, -0.2) is 8.42 Å². The molecule has 1 N–H and O–H groups in total. The zero-order valence-corrected chi connectivity index (χ0v) is 10.2. The maximum atomic E-state index is 11.2. The molecule has 88 valence electrons. The Morgan fingerprint density at radius 1 is 1.31 bits per heavy atom. The summed E-state index contributed by atoms with van der Waals surface area (Å²) in [6.45, 7) is 1.98. The van der Waals surface area contributed by atoms with Crippen LogP contribution in [0.5, 0.6) is 0 Å². The molecule has 0 fully saturated rings. The van der Waals surface area contributed by atoms with E-state index >= 15 is 0 Å². The van der Waals surface area contributed by atoms with Crippen molar-refractivity contribution >= 4 is 15.5 Å². The van der Waals surface area contributed by atoms with E-state index in [2.05, 4.69) is 5.16 Å². The molecule has 0 aliphatic heterocycles. The Hall–Kier alpha value is -1.36. The fourth-order valence-corrected chi connectivity index (χ4v) is 2.01. The normalized spacial score (nSPS) is 12.8. The van der Waals surface area contributed by atoms with Crippen LogP contribution < -0.4 is 0 Å². The zero-order valence-electron chi connectivity index (χ0n) is 9.34. The molecule has 5 heteroatoms. The van der Waals surface area contributed by atoms with Gasteiger partial charge < -0.3 is 5.21 Å². The van der Waals surface area contributed by atoms with Gasteiger partial charge in [0, 0.05) is 6.26 Å². The molecule has 0 aromatic heterocycles. The van der Waals surface area contributed by atoms with E-state index in [-0.39, 0.29) is 4.90 Å². The molecule has 0 amide bonds. The van der Waals surface area contributed by atoms with Gasteiger partial charge in [-0.1, -0.05) is 30.6 Å². The first-order valence-electron chi connectivity index (χ1n) is 5.00. The second-order valence-corrected chi connectivity index (χ2v) is 5.61. The van der Waals surface area contributed by atoms with E-state index in [1.54, 1.807) is 12.1 Å². The number of benzene rings is 1. The standard InChI is InChI=1S/C11H15NO3S/c1-3-4-11(12-13)9-5-7-10(8-6-9)16(2,14)15/h5-8,13H,3-4H2,1-2H3. The van der Waals surface area contributed by atoms with Crippen molar-refractivity contribution in [1.82, 2.24) is 0 Å². The van der Waals surface area contributed by atoms with Gasteiger partial charge in [-0.15, -0.1) is 0 Å². The molecule has 4 nitrogen and oxygen atoms in total. The summed E-state index contributed by atoms with van der Waals surface area (Å²) in [6, 6.07) is 6.35. The van der Waals surface area contributed by atoms with Crippen molar-refractivity contribution in [3.63, 3.8) is 0 Å². The molecule has 1 aromatic rings. The molecule has 1 aromatic carbocycles. The number of hydrogen-bond acceptors (Lipinski definition) is 4. The molecule has 0 spiro atoms. The van der Waals surface area contributed by atoms with Gasteiger partial charge in [-0.3, -0.25) is 0 Å². The minimum Gasteiger partial charge on any atom is -0.411 e. The number of rotatable bonds is 4. The topological polar surface area (TPSA) is 66.7 Å². The summed E-state index contributed by atoms with van der Waals surface area (Å²) in [5.41, 5.74) is 1.32. The van der Waals surface area contributed by atoms with Gasteiger partial charge in [0.2, 0.25) is 0 Å². The van der Waals surface area contributed by atoms with Crippen LogP contribution in [-0.2, 0) is 9.84 Å². The molecule has 1 rings (SSSR count). The summed E-state index contributed by atoms with van der Waals surface area (Å²) in [5, 5.41) is 12.0. The van der Waals surface area contributed by atoms with E-state index in [1.807, 2.05) is 6.92 Å². The number of oxime groups is 1. The average Bonchev–Trinajstić information content (AvgIpc) is 2.25. The van der Waals surface area contributed by atoms with Crippen molar-refractivity contribution in [1.29, 1.82) is 0 Å². The summed E-state index contributed by atoms with van der Waals surface area (Å²) in [7, 11) is -3.17. The Bertz CT molecular complexity index is 474. The highest BCUT2D eigenvalue weighted by molar-refractivity contribution is 7.90. The maximum Gasteiger partial charge on any atom is 0.175 e. The Labute approximate surface area is 95.5 Å². The van der Waals surface area contributed by atoms with Crippen molar-refractivity contribution in [2.75, 3.05) is 6.26 Å². The molecule has 0 aliphatic carbocycles. The lowest BCUT2D eigenvalue weighted by Gasteiger charge is -2.04. The zero-order chi connectivity index (χ0) is 12.2. The molecule has 0 atom stereocenters. The lowest BCUT2D eigenvalue weighted by molar-refractivity contribution is 0.318. The first kappa shape index (κ1) is 12.7. The van der Waals surface area contributed by atoms with Crippen molar-refractivity contribution < 1.29 is 13.6 Å². The Morgan fingerprint density at radius 2 is 1.88 bits per heavy atom. The average molecular weight is 241 g/mol. The molecule has 0 heterocycles. The van der Waals surface area contributed by atoms with Gasteiger partial charge in [-0.2, -0.15) is 0 Å². The summed E-state index contributed by atoms with van der Waals surface area (Å²) in [5.74, 6) is 0. The number of sulfone groups is 1. The second-order valence-electron chi connectivity index (χ2n) is 3.59. The number of hydrogen-bond donors (Lipinski definition) is 1. The fourth-order valence-electron chi connectivity index (χ4n) is 1.38. The fraction of sp³-hybridized carbons (Fsp3) is 0.364. The van der Waals surface area contributed by atoms with Gasteiger partial charge in [0.15, 0.2) is 9.84 Å². The molecule has 0 radical (unpaired) electrons. The highest BCUT2D eigenvalue weighted by Crippen LogP contribution is 2.12. The van der Waals surface area contributed by atoms with E-state index in [1.165, 1.54) is 12.1 Å². The Morgan fingerprint density at radius 3 is 2.25 bits per heavy atom. The summed E-state index contributed by atoms with van der Waals surface area (Å²) < 4.78 is 22.5. The number of nitrogens with zero attached hydrogens (tertiary/aromatic N) is 1. The third-order valence-electron chi connectivity index (χ3n) is 2.22. The molecule has 0 aliphatic rings. The van der Waals surface area contributed by atoms with Crippen LogP contribution in [0, 0.1) is 0 Å². The molecule has 0 saturated heterocycles. The highest BCUT2D eigenvalue weighted by Gasteiger charge is 2.08. The largest absolute Gasteiger partial charge is 0.411 e. The predicted octanol–water partition coefficient (Wildman–Crippen LogP) is 2.07. The monoisotopic (exact) mass is 241 g/mol. The van der Waals surface area contributed by atoms with Crippen LogP contribution in [-0.4, -0.2) is 25.6 Å². The molecule has 0 saturated carbocycles. The van der Waals surface area contributed by atoms with E-state index < -0.39 is 9.84 Å². The molecule has 0 unspecified atom stereocenters. The van der Waals surface area contributed by atoms with Gasteiger partial charge in [-0.05, 0) is 24.1 Å². The first-order valence-corrected chi connectivity index (χ1v) is 6.89. The van der Waals surface area contributed by atoms with Crippen LogP contribution in [0.3, 0.4) is 0 Å². The SMILES string of the molecule is CCCC(=NO)c1ccc(S(C)(=O)=O)cc1. The van der Waals surface area contributed by atoms with Crippen molar-refractivity contribution in [2.45, 2.75) is 24.7 Å². The summed E-state index contributed by atoms with van der Waals surface area (Å²) in [6.07, 6.45) is 2.69. The smallest absolute Gasteiger partial charge is 0.175 e. The quantitative estimate of drug-likeness (QED) is 0.498. The third kappa shape index (κ3) is 3.06. The van der Waals surface area contributed by atoms with Crippen LogP contribution in [0.2, 0.25) is 0 Å². The molecule has 0 bridgehead atoms. The van der Waals surface area contributed by atoms with Gasteiger partial charge >= 0.3 is 0 Å². The third-order valence-corrected chi connectivity index (χ3v) is 3.35. The van der Waals surface area contributed by atoms with E-state index in [0.29, 0.717) is 12.1 Å². The minimum absolute atomic E-state index is 0.269. The maximum absolute atomic E-state index is 11.2. The van der Waals surface area contributed by atoms with Crippen molar-refractivity contribution in [3.05, 3.63) is 29.8 Å². The molecule has 16 heavy (non-hydrogen) atoms. The Balaban J connectivity index is 3.04. The van der Waals surface area contributed by atoms with Gasteiger partial charge in [0.05, 0.1) is 10.6 Å².